The van der Waals surface area contributed by atoms with E-state index in [4.69, 9.17) is 11.2 Å². The molecule has 4 nitrogen and oxygen atoms in total. The lowest BCUT2D eigenvalue weighted by Gasteiger charge is -2.05. The Morgan fingerprint density at radius 2 is 1.66 bits per heavy atom. The molecule has 2 aromatic rings. The zero-order valence-electron chi connectivity index (χ0n) is 16.7. The van der Waals surface area contributed by atoms with Gasteiger partial charge in [-0.2, -0.15) is 0 Å². The fraction of sp³-hybridized carbons (Fsp3) is 0.320. The minimum Gasteiger partial charge on any atom is -0.417 e. The quantitative estimate of drug-likeness (QED) is 0.209. The van der Waals surface area contributed by atoms with Crippen LogP contribution in [0.5, 0.6) is 5.75 Å². The van der Waals surface area contributed by atoms with Crippen molar-refractivity contribution < 1.29 is 9.53 Å². The van der Waals surface area contributed by atoms with Crippen LogP contribution in [0.3, 0.4) is 0 Å². The van der Waals surface area contributed by atoms with Gasteiger partial charge in [0.1, 0.15) is 5.75 Å². The summed E-state index contributed by atoms with van der Waals surface area (Å²) in [6.07, 6.45) is 17.4. The predicted molar refractivity (Wildman–Crippen MR) is 115 cm³/mol. The van der Waals surface area contributed by atoms with Gasteiger partial charge in [-0.05, 0) is 66.4 Å². The first-order valence-corrected chi connectivity index (χ1v) is 9.82. The van der Waals surface area contributed by atoms with Gasteiger partial charge in [0.2, 0.25) is 0 Å². The Morgan fingerprint density at radius 1 is 0.966 bits per heavy atom. The molecular weight excluding hydrogens is 360 g/mol. The lowest BCUT2D eigenvalue weighted by atomic mass is 10.1. The van der Waals surface area contributed by atoms with E-state index in [1.807, 2.05) is 12.4 Å². The van der Waals surface area contributed by atoms with Crippen LogP contribution in [0.1, 0.15) is 51.0 Å². The number of rotatable bonds is 9. The maximum absolute atomic E-state index is 11.6. The molecule has 0 saturated carbocycles. The van der Waals surface area contributed by atoms with E-state index in [2.05, 4.69) is 46.5 Å². The van der Waals surface area contributed by atoms with Crippen LogP contribution in [0.25, 0.3) is 11.4 Å². The molecule has 0 bridgehead atoms. The van der Waals surface area contributed by atoms with Gasteiger partial charge < -0.3 is 4.74 Å². The smallest absolute Gasteiger partial charge is 0.390 e. The van der Waals surface area contributed by atoms with Crippen LogP contribution in [0.4, 0.5) is 0 Å². The first-order chi connectivity index (χ1) is 14.2. The largest absolute Gasteiger partial charge is 0.417 e. The van der Waals surface area contributed by atoms with Crippen LogP contribution < -0.4 is 4.74 Å². The SMILES string of the molecule is C#CC#CC#CC(=O)Oc1ccc(-c2ncc(CCCCCCCC)cn2)cc1. The van der Waals surface area contributed by atoms with Gasteiger partial charge >= 0.3 is 5.97 Å². The molecule has 0 N–H and O–H groups in total. The molecule has 0 aliphatic carbocycles. The molecule has 0 spiro atoms. The third-order valence-corrected chi connectivity index (χ3v) is 4.21. The molecule has 0 aliphatic heterocycles. The first kappa shape index (κ1) is 21.7. The molecule has 1 aromatic heterocycles. The summed E-state index contributed by atoms with van der Waals surface area (Å²) in [5, 5.41) is 0. The molecule has 0 unspecified atom stereocenters. The van der Waals surface area contributed by atoms with Gasteiger partial charge in [-0.15, -0.1) is 6.42 Å². The maximum Gasteiger partial charge on any atom is 0.390 e. The summed E-state index contributed by atoms with van der Waals surface area (Å²) in [4.78, 5) is 20.5. The number of esters is 1. The zero-order valence-corrected chi connectivity index (χ0v) is 16.7. The maximum atomic E-state index is 11.6. The minimum absolute atomic E-state index is 0.387. The molecule has 146 valence electrons. The van der Waals surface area contributed by atoms with Crippen LogP contribution >= 0.6 is 0 Å². The number of unbranched alkanes of at least 4 members (excludes halogenated alkanes) is 5. The highest BCUT2D eigenvalue weighted by atomic mass is 16.5. The van der Waals surface area contributed by atoms with E-state index in [1.165, 1.54) is 38.5 Å². The average Bonchev–Trinajstić information content (AvgIpc) is 2.75. The zero-order chi connectivity index (χ0) is 20.7. The van der Waals surface area contributed by atoms with Crippen molar-refractivity contribution in [2.45, 2.75) is 51.9 Å². The molecule has 0 fully saturated rings. The van der Waals surface area contributed by atoms with Crippen LogP contribution in [-0.2, 0) is 11.2 Å². The van der Waals surface area contributed by atoms with Gasteiger partial charge in [-0.3, -0.25) is 0 Å². The second kappa shape index (κ2) is 12.8. The fourth-order valence-electron chi connectivity index (χ4n) is 2.70. The number of carbonyl (C=O) groups is 1. The normalized spacial score (nSPS) is 9.38. The molecule has 0 radical (unpaired) electrons. The van der Waals surface area contributed by atoms with Crippen molar-refractivity contribution in [1.29, 1.82) is 0 Å². The summed E-state index contributed by atoms with van der Waals surface area (Å²) in [5.41, 5.74) is 2.00. The van der Waals surface area contributed by atoms with Gasteiger partial charge in [0.05, 0.1) is 0 Å². The third-order valence-electron chi connectivity index (χ3n) is 4.21. The summed E-state index contributed by atoms with van der Waals surface area (Å²) < 4.78 is 5.11. The van der Waals surface area contributed by atoms with E-state index in [9.17, 15) is 4.79 Å². The van der Waals surface area contributed by atoms with Crippen molar-refractivity contribution in [2.75, 3.05) is 0 Å². The summed E-state index contributed by atoms with van der Waals surface area (Å²) in [5.74, 6) is 11.7. The van der Waals surface area contributed by atoms with Gasteiger partial charge in [-0.25, -0.2) is 14.8 Å². The summed E-state index contributed by atoms with van der Waals surface area (Å²) >= 11 is 0. The lowest BCUT2D eigenvalue weighted by molar-refractivity contribution is -0.128. The topological polar surface area (TPSA) is 52.1 Å². The minimum atomic E-state index is -0.695. The molecule has 29 heavy (non-hydrogen) atoms. The molecule has 4 heteroatoms. The number of terminal acetylenes is 1. The van der Waals surface area contributed by atoms with Gasteiger partial charge in [0.25, 0.3) is 0 Å². The van der Waals surface area contributed by atoms with Crippen LogP contribution in [0.2, 0.25) is 0 Å². The van der Waals surface area contributed by atoms with Gasteiger partial charge in [0, 0.05) is 23.9 Å². The molecule has 1 heterocycles. The highest BCUT2D eigenvalue weighted by Crippen LogP contribution is 2.19. The highest BCUT2D eigenvalue weighted by molar-refractivity contribution is 5.90. The Morgan fingerprint density at radius 3 is 2.34 bits per heavy atom. The van der Waals surface area contributed by atoms with Crippen molar-refractivity contribution in [3.05, 3.63) is 42.2 Å². The Kier molecular flexibility index (Phi) is 9.57. The Bertz CT molecular complexity index is 947. The number of hydrogen-bond donors (Lipinski definition) is 0. The number of ether oxygens (including phenoxy) is 1. The summed E-state index contributed by atoms with van der Waals surface area (Å²) in [7, 11) is 0. The van der Waals surface area contributed by atoms with Crippen LogP contribution in [0.15, 0.2) is 36.7 Å². The summed E-state index contributed by atoms with van der Waals surface area (Å²) in [6, 6.07) is 6.96. The molecule has 0 amide bonds. The first-order valence-electron chi connectivity index (χ1n) is 9.82. The molecule has 0 aliphatic rings. The molecule has 2 rings (SSSR count). The van der Waals surface area contributed by atoms with E-state index in [0.717, 1.165) is 17.5 Å². The Balaban J connectivity index is 1.85. The van der Waals surface area contributed by atoms with Crippen LogP contribution in [0, 0.1) is 36.0 Å². The van der Waals surface area contributed by atoms with E-state index in [-0.39, 0.29) is 0 Å². The molecule has 1 aromatic carbocycles. The molecule has 0 atom stereocenters. The van der Waals surface area contributed by atoms with Crippen molar-refractivity contribution >= 4 is 5.97 Å². The predicted octanol–water partition coefficient (Wildman–Crippen LogP) is 4.59. The lowest BCUT2D eigenvalue weighted by Crippen LogP contribution is -2.04. The number of aromatic nitrogens is 2. The number of benzene rings is 1. The Labute approximate surface area is 173 Å². The second-order valence-corrected chi connectivity index (χ2v) is 6.49. The number of nitrogens with zero attached hydrogens (tertiary/aromatic N) is 2. The average molecular weight is 384 g/mol. The van der Waals surface area contributed by atoms with E-state index >= 15 is 0 Å². The van der Waals surface area contributed by atoms with Gasteiger partial charge in [-0.1, -0.05) is 39.0 Å². The van der Waals surface area contributed by atoms with Crippen molar-refractivity contribution in [1.82, 2.24) is 9.97 Å². The highest BCUT2D eigenvalue weighted by Gasteiger charge is 2.05. The van der Waals surface area contributed by atoms with E-state index < -0.39 is 5.97 Å². The monoisotopic (exact) mass is 384 g/mol. The van der Waals surface area contributed by atoms with Crippen LogP contribution in [-0.4, -0.2) is 15.9 Å². The fourth-order valence-corrected chi connectivity index (χ4v) is 2.70. The second-order valence-electron chi connectivity index (χ2n) is 6.49. The standard InChI is InChI=1S/C25H24N2O2/c1-3-5-7-9-10-11-13-21-19-26-25(27-20-21)22-15-17-23(18-16-22)29-24(28)14-12-8-6-4-2/h2,15-20H,3,5,7,9-11,13H2,1H3. The molecule has 0 saturated heterocycles. The Hall–Kier alpha value is -3.55. The molecular formula is C25H24N2O2. The van der Waals surface area contributed by atoms with Gasteiger partial charge in [0.15, 0.2) is 5.82 Å². The van der Waals surface area contributed by atoms with Crippen molar-refractivity contribution in [3.8, 4) is 53.2 Å². The number of carbonyl (C=O) groups excluding carboxylic acids is 1. The number of hydrogen-bond acceptors (Lipinski definition) is 4. The number of aryl methyl sites for hydroxylation is 1. The summed E-state index contributed by atoms with van der Waals surface area (Å²) in [6.45, 7) is 2.23. The third kappa shape index (κ3) is 8.34. The van der Waals surface area contributed by atoms with Crippen molar-refractivity contribution in [2.24, 2.45) is 0 Å². The van der Waals surface area contributed by atoms with Crippen molar-refractivity contribution in [3.63, 3.8) is 0 Å². The van der Waals surface area contributed by atoms with E-state index in [0.29, 0.717) is 11.6 Å². The van der Waals surface area contributed by atoms with E-state index in [1.54, 1.807) is 24.3 Å².